The van der Waals surface area contributed by atoms with Crippen LogP contribution in [0.15, 0.2) is 23.6 Å². The second-order valence-corrected chi connectivity index (χ2v) is 5.44. The Labute approximate surface area is 118 Å². The molecule has 1 atom stereocenters. The average Bonchev–Trinajstić information content (AvgIpc) is 2.86. The van der Waals surface area contributed by atoms with Gasteiger partial charge in [0.15, 0.2) is 0 Å². The number of thiazole rings is 1. The van der Waals surface area contributed by atoms with Crippen molar-refractivity contribution < 1.29 is 4.74 Å². The van der Waals surface area contributed by atoms with Gasteiger partial charge in [0.1, 0.15) is 16.9 Å². The Morgan fingerprint density at radius 3 is 2.84 bits per heavy atom. The maximum absolute atomic E-state index is 5.28. The predicted molar refractivity (Wildman–Crippen MR) is 78.6 cm³/mol. The van der Waals surface area contributed by atoms with Gasteiger partial charge in [-0.25, -0.2) is 9.97 Å². The number of hydrogen-bond donors (Lipinski definition) is 0. The van der Waals surface area contributed by atoms with E-state index >= 15 is 0 Å². The van der Waals surface area contributed by atoms with Crippen LogP contribution in [0.25, 0.3) is 0 Å². The zero-order valence-corrected chi connectivity index (χ0v) is 12.6. The number of methoxy groups -OCH3 is 1. The molecule has 5 heteroatoms. The normalized spacial score (nSPS) is 12.4. The second kappa shape index (κ2) is 6.12. The van der Waals surface area contributed by atoms with Crippen molar-refractivity contribution in [3.05, 3.63) is 40.0 Å². The molecule has 0 aliphatic carbocycles. The number of ether oxygens (including phenoxy) is 1. The zero-order chi connectivity index (χ0) is 13.8. The van der Waals surface area contributed by atoms with Gasteiger partial charge in [-0.15, -0.1) is 11.3 Å². The summed E-state index contributed by atoms with van der Waals surface area (Å²) in [7, 11) is 3.73. The van der Waals surface area contributed by atoms with E-state index in [1.54, 1.807) is 18.4 Å². The molecule has 0 aliphatic rings. The van der Waals surface area contributed by atoms with Crippen LogP contribution in [0.3, 0.4) is 0 Å². The molecule has 0 N–H and O–H groups in total. The first-order valence-corrected chi connectivity index (χ1v) is 7.10. The van der Waals surface area contributed by atoms with E-state index < -0.39 is 0 Å². The van der Waals surface area contributed by atoms with Gasteiger partial charge in [-0.05, 0) is 26.0 Å². The summed E-state index contributed by atoms with van der Waals surface area (Å²) in [6.07, 6.45) is 0.0566. The van der Waals surface area contributed by atoms with Gasteiger partial charge in [-0.3, -0.25) is 0 Å². The highest BCUT2D eigenvalue weighted by molar-refractivity contribution is 7.09. The van der Waals surface area contributed by atoms with Crippen LogP contribution in [0.4, 0.5) is 5.82 Å². The SMILES string of the molecule is CO[C@@H](C)c1nc(CN(C)c2cccc(C)n2)cs1. The standard InChI is InChI=1S/C14H19N3OS/c1-10-6-5-7-13(15-10)17(3)8-12-9-19-14(16-12)11(2)18-4/h5-7,9,11H,8H2,1-4H3/t11-/m0/s1. The van der Waals surface area contributed by atoms with Gasteiger partial charge in [0.05, 0.1) is 12.2 Å². The molecule has 0 unspecified atom stereocenters. The highest BCUT2D eigenvalue weighted by Crippen LogP contribution is 2.21. The van der Waals surface area contributed by atoms with Crippen molar-refractivity contribution in [2.45, 2.75) is 26.5 Å². The van der Waals surface area contributed by atoms with Crippen LogP contribution >= 0.6 is 11.3 Å². The first-order valence-electron chi connectivity index (χ1n) is 6.22. The molecule has 2 rings (SSSR count). The summed E-state index contributed by atoms with van der Waals surface area (Å²) in [5.74, 6) is 0.967. The van der Waals surface area contributed by atoms with Gasteiger partial charge >= 0.3 is 0 Å². The van der Waals surface area contributed by atoms with Gasteiger partial charge < -0.3 is 9.64 Å². The highest BCUT2D eigenvalue weighted by Gasteiger charge is 2.11. The summed E-state index contributed by atoms with van der Waals surface area (Å²) in [5, 5.41) is 3.10. The van der Waals surface area contributed by atoms with Gasteiger partial charge in [0, 0.05) is 25.2 Å². The van der Waals surface area contributed by atoms with E-state index in [1.165, 1.54) is 0 Å². The Hall–Kier alpha value is -1.46. The Balaban J connectivity index is 2.06. The predicted octanol–water partition coefficient (Wildman–Crippen LogP) is 3.19. The lowest BCUT2D eigenvalue weighted by Gasteiger charge is -2.17. The van der Waals surface area contributed by atoms with E-state index in [1.807, 2.05) is 39.1 Å². The van der Waals surface area contributed by atoms with Crippen molar-refractivity contribution >= 4 is 17.2 Å². The summed E-state index contributed by atoms with van der Waals surface area (Å²) < 4.78 is 5.28. The molecular weight excluding hydrogens is 258 g/mol. The number of rotatable bonds is 5. The summed E-state index contributed by atoms with van der Waals surface area (Å²) in [6, 6.07) is 6.03. The number of aryl methyl sites for hydroxylation is 1. The van der Waals surface area contributed by atoms with Crippen LogP contribution in [-0.2, 0) is 11.3 Å². The molecule has 0 saturated carbocycles. The van der Waals surface area contributed by atoms with Gasteiger partial charge in [-0.1, -0.05) is 6.07 Å². The minimum absolute atomic E-state index is 0.0566. The van der Waals surface area contributed by atoms with E-state index in [0.717, 1.165) is 28.8 Å². The number of pyridine rings is 1. The fourth-order valence-electron chi connectivity index (χ4n) is 1.75. The molecule has 0 radical (unpaired) electrons. The van der Waals surface area contributed by atoms with Crippen molar-refractivity contribution in [2.24, 2.45) is 0 Å². The molecule has 0 aromatic carbocycles. The number of nitrogens with zero attached hydrogens (tertiary/aromatic N) is 3. The van der Waals surface area contributed by atoms with Crippen molar-refractivity contribution in [1.29, 1.82) is 0 Å². The quantitative estimate of drug-likeness (QED) is 0.841. The first-order chi connectivity index (χ1) is 9.10. The summed E-state index contributed by atoms with van der Waals surface area (Å²) in [6.45, 7) is 4.76. The third-order valence-electron chi connectivity index (χ3n) is 2.93. The summed E-state index contributed by atoms with van der Waals surface area (Å²) in [4.78, 5) is 11.2. The lowest BCUT2D eigenvalue weighted by Crippen LogP contribution is -2.18. The smallest absolute Gasteiger partial charge is 0.128 e. The van der Waals surface area contributed by atoms with Gasteiger partial charge in [-0.2, -0.15) is 0 Å². The summed E-state index contributed by atoms with van der Waals surface area (Å²) in [5.41, 5.74) is 2.08. The summed E-state index contributed by atoms with van der Waals surface area (Å²) >= 11 is 1.64. The average molecular weight is 277 g/mol. The number of hydrogen-bond acceptors (Lipinski definition) is 5. The third-order valence-corrected chi connectivity index (χ3v) is 3.99. The van der Waals surface area contributed by atoms with Crippen LogP contribution in [0.1, 0.15) is 29.4 Å². The fraction of sp³-hybridized carbons (Fsp3) is 0.429. The van der Waals surface area contributed by atoms with E-state index in [0.29, 0.717) is 0 Å². The molecule has 0 spiro atoms. The van der Waals surface area contributed by atoms with E-state index in [2.05, 4.69) is 20.2 Å². The van der Waals surface area contributed by atoms with Crippen molar-refractivity contribution in [3.63, 3.8) is 0 Å². The minimum Gasteiger partial charge on any atom is -0.375 e. The Bertz CT molecular complexity index is 541. The zero-order valence-electron chi connectivity index (χ0n) is 11.8. The molecule has 2 heterocycles. The molecule has 0 amide bonds. The lowest BCUT2D eigenvalue weighted by molar-refractivity contribution is 0.119. The maximum Gasteiger partial charge on any atom is 0.128 e. The third kappa shape index (κ3) is 3.52. The van der Waals surface area contributed by atoms with Crippen LogP contribution in [0.5, 0.6) is 0 Å². The van der Waals surface area contributed by atoms with E-state index in [9.17, 15) is 0 Å². The molecule has 0 aliphatic heterocycles. The Morgan fingerprint density at radius 2 is 2.16 bits per heavy atom. The van der Waals surface area contributed by atoms with Gasteiger partial charge in [0.25, 0.3) is 0 Å². The molecule has 0 fully saturated rings. The van der Waals surface area contributed by atoms with E-state index in [-0.39, 0.29) is 6.10 Å². The Morgan fingerprint density at radius 1 is 1.37 bits per heavy atom. The highest BCUT2D eigenvalue weighted by atomic mass is 32.1. The fourth-order valence-corrected chi connectivity index (χ4v) is 2.59. The molecule has 2 aromatic rings. The van der Waals surface area contributed by atoms with E-state index in [4.69, 9.17) is 4.74 Å². The van der Waals surface area contributed by atoms with Gasteiger partial charge in [0.2, 0.25) is 0 Å². The Kier molecular flexibility index (Phi) is 4.50. The van der Waals surface area contributed by atoms with Crippen molar-refractivity contribution in [1.82, 2.24) is 9.97 Å². The van der Waals surface area contributed by atoms with Crippen molar-refractivity contribution in [3.8, 4) is 0 Å². The number of anilines is 1. The van der Waals surface area contributed by atoms with Crippen LogP contribution in [0, 0.1) is 6.92 Å². The second-order valence-electron chi connectivity index (χ2n) is 4.55. The molecular formula is C14H19N3OS. The van der Waals surface area contributed by atoms with Crippen LogP contribution < -0.4 is 4.90 Å². The molecule has 0 bridgehead atoms. The van der Waals surface area contributed by atoms with Crippen LogP contribution in [-0.4, -0.2) is 24.1 Å². The molecule has 4 nitrogen and oxygen atoms in total. The molecule has 0 saturated heterocycles. The topological polar surface area (TPSA) is 38.2 Å². The number of aromatic nitrogens is 2. The largest absolute Gasteiger partial charge is 0.375 e. The maximum atomic E-state index is 5.28. The van der Waals surface area contributed by atoms with Crippen molar-refractivity contribution in [2.75, 3.05) is 19.1 Å². The molecule has 19 heavy (non-hydrogen) atoms. The van der Waals surface area contributed by atoms with Crippen LogP contribution in [0.2, 0.25) is 0 Å². The minimum atomic E-state index is 0.0566. The first kappa shape index (κ1) is 14.0. The molecule has 2 aromatic heterocycles. The lowest BCUT2D eigenvalue weighted by atomic mass is 10.3. The molecule has 102 valence electrons. The monoisotopic (exact) mass is 277 g/mol.